The van der Waals surface area contributed by atoms with E-state index in [1.165, 1.54) is 32.1 Å². The summed E-state index contributed by atoms with van der Waals surface area (Å²) in [4.78, 5) is 0. The Kier molecular flexibility index (Phi) is 10.3. The molecular weight excluding hydrogens is 297 g/mol. The van der Waals surface area contributed by atoms with Gasteiger partial charge in [-0.15, -0.1) is 0 Å². The zero-order valence-electron chi connectivity index (χ0n) is 14.3. The molecule has 1 aliphatic rings. The Bertz CT molecular complexity index is 423. The monoisotopic (exact) mass is 330 g/mol. The van der Waals surface area contributed by atoms with Gasteiger partial charge in [-0.25, -0.2) is 13.2 Å². The van der Waals surface area contributed by atoms with Crippen molar-refractivity contribution in [3.05, 3.63) is 35.1 Å². The third kappa shape index (κ3) is 8.43. The third-order valence-corrected chi connectivity index (χ3v) is 3.97. The molecule has 1 fully saturated rings. The predicted octanol–water partition coefficient (Wildman–Crippen LogP) is 7.16. The topological polar surface area (TPSA) is 0 Å². The van der Waals surface area contributed by atoms with Crippen molar-refractivity contribution in [2.24, 2.45) is 17.8 Å². The van der Waals surface area contributed by atoms with Crippen LogP contribution in [0.4, 0.5) is 13.2 Å². The standard InChI is InChI=1S/C10H11F3.C9H18.CH4/c1-6(2)3-7-4-8(11)10(13)9(12)5-7;1-8(2)7-9-5-3-4-6-9;/h4-6H,3H2,1-2H3;8-9H,3-7H2,1-2H3;1H4. The lowest BCUT2D eigenvalue weighted by Crippen LogP contribution is -1.98. The number of halogens is 3. The first-order valence-corrected chi connectivity index (χ1v) is 8.43. The molecule has 1 aliphatic carbocycles. The summed E-state index contributed by atoms with van der Waals surface area (Å²) in [6.45, 7) is 8.52. The second-order valence-corrected chi connectivity index (χ2v) is 7.25. The summed E-state index contributed by atoms with van der Waals surface area (Å²) in [6, 6.07) is 2.08. The summed E-state index contributed by atoms with van der Waals surface area (Å²) < 4.78 is 37.8. The molecule has 1 saturated carbocycles. The summed E-state index contributed by atoms with van der Waals surface area (Å²) in [6.07, 6.45) is 8.04. The first-order valence-electron chi connectivity index (χ1n) is 8.43. The largest absolute Gasteiger partial charge is 0.204 e. The van der Waals surface area contributed by atoms with Crippen LogP contribution in [0.5, 0.6) is 0 Å². The maximum Gasteiger partial charge on any atom is 0.194 e. The molecule has 134 valence electrons. The Hall–Kier alpha value is -0.990. The maximum absolute atomic E-state index is 12.7. The zero-order chi connectivity index (χ0) is 16.7. The van der Waals surface area contributed by atoms with Crippen LogP contribution in [0.2, 0.25) is 0 Å². The summed E-state index contributed by atoms with van der Waals surface area (Å²) in [5.41, 5.74) is 0.492. The van der Waals surface area contributed by atoms with Crippen LogP contribution in [0, 0.1) is 35.2 Å². The molecule has 1 aromatic carbocycles. The Morgan fingerprint density at radius 2 is 1.39 bits per heavy atom. The highest BCUT2D eigenvalue weighted by Gasteiger charge is 2.15. The highest BCUT2D eigenvalue weighted by molar-refractivity contribution is 5.19. The first-order chi connectivity index (χ1) is 10.3. The van der Waals surface area contributed by atoms with Crippen LogP contribution in [0.3, 0.4) is 0 Å². The van der Waals surface area contributed by atoms with E-state index in [0.717, 1.165) is 24.0 Å². The summed E-state index contributed by atoms with van der Waals surface area (Å²) >= 11 is 0. The Labute approximate surface area is 140 Å². The van der Waals surface area contributed by atoms with Crippen molar-refractivity contribution in [1.82, 2.24) is 0 Å². The molecule has 0 aliphatic heterocycles. The summed E-state index contributed by atoms with van der Waals surface area (Å²) in [7, 11) is 0. The first kappa shape index (κ1) is 22.0. The predicted molar refractivity (Wildman–Crippen MR) is 93.0 cm³/mol. The summed E-state index contributed by atoms with van der Waals surface area (Å²) in [5, 5.41) is 0. The van der Waals surface area contributed by atoms with E-state index in [1.54, 1.807) is 0 Å². The average Bonchev–Trinajstić information content (AvgIpc) is 2.88. The van der Waals surface area contributed by atoms with Gasteiger partial charge in [0.25, 0.3) is 0 Å². The van der Waals surface area contributed by atoms with Crippen LogP contribution in [0.15, 0.2) is 12.1 Å². The minimum Gasteiger partial charge on any atom is -0.204 e. The third-order valence-electron chi connectivity index (χ3n) is 3.97. The molecule has 0 atom stereocenters. The van der Waals surface area contributed by atoms with E-state index in [1.807, 2.05) is 13.8 Å². The van der Waals surface area contributed by atoms with Gasteiger partial charge in [-0.05, 0) is 48.3 Å². The minimum absolute atomic E-state index is 0. The Morgan fingerprint density at radius 1 is 0.913 bits per heavy atom. The van der Waals surface area contributed by atoms with Crippen LogP contribution in [-0.2, 0) is 6.42 Å². The second kappa shape index (κ2) is 10.7. The number of hydrogen-bond acceptors (Lipinski definition) is 0. The van der Waals surface area contributed by atoms with E-state index < -0.39 is 17.5 Å². The van der Waals surface area contributed by atoms with E-state index in [2.05, 4.69) is 13.8 Å². The molecular formula is C20H33F3. The van der Waals surface area contributed by atoms with Crippen LogP contribution in [-0.4, -0.2) is 0 Å². The molecule has 23 heavy (non-hydrogen) atoms. The molecule has 0 unspecified atom stereocenters. The van der Waals surface area contributed by atoms with E-state index in [-0.39, 0.29) is 7.43 Å². The van der Waals surface area contributed by atoms with Crippen LogP contribution in [0.1, 0.15) is 72.8 Å². The minimum atomic E-state index is -1.40. The lowest BCUT2D eigenvalue weighted by Gasteiger charge is -2.10. The summed E-state index contributed by atoms with van der Waals surface area (Å²) in [5.74, 6) is -1.32. The molecule has 0 nitrogen and oxygen atoms in total. The SMILES string of the molecule is C.CC(C)CC1CCCC1.CC(C)Cc1cc(F)c(F)c(F)c1. The van der Waals surface area contributed by atoms with Crippen LogP contribution >= 0.6 is 0 Å². The Morgan fingerprint density at radius 3 is 1.78 bits per heavy atom. The van der Waals surface area contributed by atoms with Gasteiger partial charge in [0, 0.05) is 0 Å². The van der Waals surface area contributed by atoms with E-state index >= 15 is 0 Å². The fourth-order valence-electron chi connectivity index (χ4n) is 3.11. The highest BCUT2D eigenvalue weighted by Crippen LogP contribution is 2.29. The quantitative estimate of drug-likeness (QED) is 0.514. The van der Waals surface area contributed by atoms with Gasteiger partial charge in [0.15, 0.2) is 17.5 Å². The smallest absolute Gasteiger partial charge is 0.194 e. The van der Waals surface area contributed by atoms with Crippen LogP contribution in [0.25, 0.3) is 0 Å². The highest BCUT2D eigenvalue weighted by atomic mass is 19.2. The van der Waals surface area contributed by atoms with Gasteiger partial charge in [-0.2, -0.15) is 0 Å². The molecule has 2 rings (SSSR count). The molecule has 0 N–H and O–H groups in total. The van der Waals surface area contributed by atoms with E-state index in [0.29, 0.717) is 17.9 Å². The lowest BCUT2D eigenvalue weighted by molar-refractivity contribution is 0.419. The second-order valence-electron chi connectivity index (χ2n) is 7.25. The van der Waals surface area contributed by atoms with Gasteiger partial charge in [-0.1, -0.05) is 60.8 Å². The van der Waals surface area contributed by atoms with Gasteiger partial charge in [0.1, 0.15) is 0 Å². The molecule has 0 spiro atoms. The van der Waals surface area contributed by atoms with Gasteiger partial charge < -0.3 is 0 Å². The maximum atomic E-state index is 12.7. The number of hydrogen-bond donors (Lipinski definition) is 0. The van der Waals surface area contributed by atoms with E-state index in [9.17, 15) is 13.2 Å². The van der Waals surface area contributed by atoms with Gasteiger partial charge in [-0.3, -0.25) is 0 Å². The zero-order valence-corrected chi connectivity index (χ0v) is 14.3. The van der Waals surface area contributed by atoms with Crippen molar-refractivity contribution < 1.29 is 13.2 Å². The van der Waals surface area contributed by atoms with Gasteiger partial charge in [0.2, 0.25) is 0 Å². The molecule has 0 heterocycles. The van der Waals surface area contributed by atoms with Crippen LogP contribution < -0.4 is 0 Å². The van der Waals surface area contributed by atoms with Gasteiger partial charge in [0.05, 0.1) is 0 Å². The average molecular weight is 330 g/mol. The number of benzene rings is 1. The Balaban J connectivity index is 0.000000427. The lowest BCUT2D eigenvalue weighted by atomic mass is 9.96. The van der Waals surface area contributed by atoms with Gasteiger partial charge >= 0.3 is 0 Å². The van der Waals surface area contributed by atoms with Crippen molar-refractivity contribution in [2.45, 2.75) is 73.6 Å². The molecule has 1 aromatic rings. The van der Waals surface area contributed by atoms with E-state index in [4.69, 9.17) is 0 Å². The van der Waals surface area contributed by atoms with Crippen molar-refractivity contribution in [3.8, 4) is 0 Å². The number of rotatable bonds is 4. The molecule has 0 radical (unpaired) electrons. The van der Waals surface area contributed by atoms with Crippen molar-refractivity contribution in [2.75, 3.05) is 0 Å². The molecule has 3 heteroatoms. The normalized spacial score (nSPS) is 14.7. The van der Waals surface area contributed by atoms with Crippen molar-refractivity contribution >= 4 is 0 Å². The van der Waals surface area contributed by atoms with Crippen molar-refractivity contribution in [1.29, 1.82) is 0 Å². The molecule has 0 saturated heterocycles. The fraction of sp³-hybridized carbons (Fsp3) is 0.700. The molecule has 0 bridgehead atoms. The molecule has 0 amide bonds. The van der Waals surface area contributed by atoms with Crippen molar-refractivity contribution in [3.63, 3.8) is 0 Å². The molecule has 0 aromatic heterocycles. The fourth-order valence-corrected chi connectivity index (χ4v) is 3.11.